The van der Waals surface area contributed by atoms with Crippen LogP contribution in [0.2, 0.25) is 0 Å². The molecule has 0 aliphatic carbocycles. The van der Waals surface area contributed by atoms with Crippen molar-refractivity contribution in [1.29, 1.82) is 0 Å². The second-order valence-corrected chi connectivity index (χ2v) is 7.55. The Morgan fingerprint density at radius 2 is 1.71 bits per heavy atom. The molecule has 0 amide bonds. The molecule has 0 saturated carbocycles. The summed E-state index contributed by atoms with van der Waals surface area (Å²) in [5.74, 6) is -2.77. The molecule has 2 aromatic rings. The standard InChI is InChI=1S/C19H21NO7S/c1-25-18(21)16(14-9-6-10-15(11-14)27-28(2,23)24)17(20)19(22)26-12-13-7-4-3-5-8-13/h3-11,16-17H,12,20H2,1-2H3. The van der Waals surface area contributed by atoms with E-state index in [1.165, 1.54) is 24.3 Å². The number of rotatable bonds is 8. The summed E-state index contributed by atoms with van der Waals surface area (Å²) < 4.78 is 37.4. The Kier molecular flexibility index (Phi) is 7.13. The molecule has 0 saturated heterocycles. The molecule has 8 nitrogen and oxygen atoms in total. The number of hydrogen-bond acceptors (Lipinski definition) is 8. The third-order valence-electron chi connectivity index (χ3n) is 3.78. The van der Waals surface area contributed by atoms with Crippen molar-refractivity contribution in [1.82, 2.24) is 0 Å². The highest BCUT2D eigenvalue weighted by atomic mass is 32.2. The minimum absolute atomic E-state index is 0.00149. The summed E-state index contributed by atoms with van der Waals surface area (Å²) in [6, 6.07) is 13.3. The molecule has 0 bridgehead atoms. The van der Waals surface area contributed by atoms with Crippen LogP contribution in [0.3, 0.4) is 0 Å². The van der Waals surface area contributed by atoms with Gasteiger partial charge in [0, 0.05) is 0 Å². The van der Waals surface area contributed by atoms with Crippen LogP contribution in [0.5, 0.6) is 5.75 Å². The first-order valence-electron chi connectivity index (χ1n) is 8.24. The van der Waals surface area contributed by atoms with E-state index in [0.717, 1.165) is 18.9 Å². The number of ether oxygens (including phenoxy) is 2. The fourth-order valence-electron chi connectivity index (χ4n) is 2.51. The van der Waals surface area contributed by atoms with Gasteiger partial charge in [-0.2, -0.15) is 8.42 Å². The molecule has 0 aliphatic heterocycles. The summed E-state index contributed by atoms with van der Waals surface area (Å²) in [6.45, 7) is -0.00149. The maximum absolute atomic E-state index is 12.4. The van der Waals surface area contributed by atoms with Crippen LogP contribution >= 0.6 is 0 Å². The van der Waals surface area contributed by atoms with Crippen LogP contribution in [0.4, 0.5) is 0 Å². The fraction of sp³-hybridized carbons (Fsp3) is 0.263. The van der Waals surface area contributed by atoms with Crippen molar-refractivity contribution in [3.63, 3.8) is 0 Å². The van der Waals surface area contributed by atoms with Crippen LogP contribution in [-0.2, 0) is 35.8 Å². The summed E-state index contributed by atoms with van der Waals surface area (Å²) in [4.78, 5) is 24.6. The lowest BCUT2D eigenvalue weighted by Gasteiger charge is -2.21. The van der Waals surface area contributed by atoms with Gasteiger partial charge in [0.15, 0.2) is 0 Å². The Bertz CT molecular complexity index is 928. The first kappa shape index (κ1) is 21.4. The van der Waals surface area contributed by atoms with E-state index < -0.39 is 34.0 Å². The summed E-state index contributed by atoms with van der Waals surface area (Å²) in [6.07, 6.45) is 0.893. The van der Waals surface area contributed by atoms with Crippen molar-refractivity contribution in [3.8, 4) is 5.75 Å². The van der Waals surface area contributed by atoms with Gasteiger partial charge in [0.2, 0.25) is 0 Å². The van der Waals surface area contributed by atoms with E-state index in [-0.39, 0.29) is 17.9 Å². The zero-order chi connectivity index (χ0) is 20.7. The lowest BCUT2D eigenvalue weighted by Crippen LogP contribution is -2.42. The minimum atomic E-state index is -3.76. The van der Waals surface area contributed by atoms with Crippen molar-refractivity contribution < 1.29 is 31.7 Å². The van der Waals surface area contributed by atoms with Crippen molar-refractivity contribution >= 4 is 22.1 Å². The molecule has 0 aliphatic rings. The molecule has 2 N–H and O–H groups in total. The van der Waals surface area contributed by atoms with Gasteiger partial charge in [0.25, 0.3) is 0 Å². The topological polar surface area (TPSA) is 122 Å². The summed E-state index contributed by atoms with van der Waals surface area (Å²) in [5.41, 5.74) is 7.00. The highest BCUT2D eigenvalue weighted by Gasteiger charge is 2.34. The summed E-state index contributed by atoms with van der Waals surface area (Å²) >= 11 is 0. The van der Waals surface area contributed by atoms with Gasteiger partial charge in [-0.15, -0.1) is 0 Å². The van der Waals surface area contributed by atoms with E-state index in [9.17, 15) is 18.0 Å². The Labute approximate surface area is 163 Å². The average molecular weight is 407 g/mol. The molecule has 2 atom stereocenters. The monoisotopic (exact) mass is 407 g/mol. The van der Waals surface area contributed by atoms with Crippen LogP contribution in [0.25, 0.3) is 0 Å². The quantitative estimate of drug-likeness (QED) is 0.514. The maximum atomic E-state index is 12.4. The molecule has 150 valence electrons. The van der Waals surface area contributed by atoms with Gasteiger partial charge >= 0.3 is 22.1 Å². The van der Waals surface area contributed by atoms with E-state index in [1.54, 1.807) is 24.3 Å². The zero-order valence-electron chi connectivity index (χ0n) is 15.4. The zero-order valence-corrected chi connectivity index (χ0v) is 16.2. The molecular formula is C19H21NO7S. The molecule has 2 unspecified atom stereocenters. The van der Waals surface area contributed by atoms with E-state index in [4.69, 9.17) is 19.4 Å². The molecule has 0 spiro atoms. The van der Waals surface area contributed by atoms with E-state index >= 15 is 0 Å². The van der Waals surface area contributed by atoms with Crippen LogP contribution in [0.15, 0.2) is 54.6 Å². The number of carbonyl (C=O) groups is 2. The van der Waals surface area contributed by atoms with Gasteiger partial charge in [-0.3, -0.25) is 9.59 Å². The number of methoxy groups -OCH3 is 1. The van der Waals surface area contributed by atoms with Crippen molar-refractivity contribution in [2.24, 2.45) is 5.73 Å². The smallest absolute Gasteiger partial charge is 0.324 e. The number of benzene rings is 2. The van der Waals surface area contributed by atoms with Crippen molar-refractivity contribution in [3.05, 3.63) is 65.7 Å². The van der Waals surface area contributed by atoms with E-state index in [2.05, 4.69) is 0 Å². The Morgan fingerprint density at radius 3 is 2.32 bits per heavy atom. The molecule has 0 fully saturated rings. The van der Waals surface area contributed by atoms with E-state index in [1.807, 2.05) is 6.07 Å². The second-order valence-electron chi connectivity index (χ2n) is 5.98. The first-order chi connectivity index (χ1) is 13.2. The predicted octanol–water partition coefficient (Wildman–Crippen LogP) is 1.35. The highest BCUT2D eigenvalue weighted by molar-refractivity contribution is 7.86. The summed E-state index contributed by atoms with van der Waals surface area (Å²) in [5, 5.41) is 0. The van der Waals surface area contributed by atoms with Crippen molar-refractivity contribution in [2.45, 2.75) is 18.6 Å². The molecule has 2 rings (SSSR count). The number of hydrogen-bond donors (Lipinski definition) is 1. The van der Waals surface area contributed by atoms with Crippen LogP contribution in [-0.4, -0.2) is 39.8 Å². The predicted molar refractivity (Wildman–Crippen MR) is 101 cm³/mol. The van der Waals surface area contributed by atoms with Gasteiger partial charge in [0.05, 0.1) is 13.4 Å². The maximum Gasteiger partial charge on any atom is 0.324 e. The third-order valence-corrected chi connectivity index (χ3v) is 4.27. The molecule has 0 heterocycles. The molecule has 9 heteroatoms. The third kappa shape index (κ3) is 6.07. The molecule has 28 heavy (non-hydrogen) atoms. The number of carbonyl (C=O) groups excluding carboxylic acids is 2. The van der Waals surface area contributed by atoms with Crippen LogP contribution in [0.1, 0.15) is 17.0 Å². The first-order valence-corrected chi connectivity index (χ1v) is 10.1. The highest BCUT2D eigenvalue weighted by Crippen LogP contribution is 2.26. The van der Waals surface area contributed by atoms with Crippen molar-refractivity contribution in [2.75, 3.05) is 13.4 Å². The Hall–Kier alpha value is -2.91. The SMILES string of the molecule is COC(=O)C(c1cccc(OS(C)(=O)=O)c1)C(N)C(=O)OCc1ccccc1. The van der Waals surface area contributed by atoms with Gasteiger partial charge in [-0.05, 0) is 23.3 Å². The number of esters is 2. The second kappa shape index (κ2) is 9.34. The minimum Gasteiger partial charge on any atom is -0.468 e. The van der Waals surface area contributed by atoms with Crippen LogP contribution < -0.4 is 9.92 Å². The molecule has 2 aromatic carbocycles. The Morgan fingerprint density at radius 1 is 1.04 bits per heavy atom. The Balaban J connectivity index is 2.21. The number of nitrogens with two attached hydrogens (primary N) is 1. The molecule has 0 radical (unpaired) electrons. The van der Waals surface area contributed by atoms with Gasteiger partial charge in [-0.25, -0.2) is 0 Å². The van der Waals surface area contributed by atoms with Gasteiger partial charge < -0.3 is 19.4 Å². The van der Waals surface area contributed by atoms with Crippen LogP contribution in [0, 0.1) is 0 Å². The van der Waals surface area contributed by atoms with Gasteiger partial charge in [-0.1, -0.05) is 42.5 Å². The summed E-state index contributed by atoms with van der Waals surface area (Å²) in [7, 11) is -2.60. The van der Waals surface area contributed by atoms with Gasteiger partial charge in [0.1, 0.15) is 24.3 Å². The fourth-order valence-corrected chi connectivity index (χ4v) is 2.97. The normalized spacial score (nSPS) is 13.2. The largest absolute Gasteiger partial charge is 0.468 e. The average Bonchev–Trinajstić information content (AvgIpc) is 2.65. The van der Waals surface area contributed by atoms with E-state index in [0.29, 0.717) is 0 Å². The lowest BCUT2D eigenvalue weighted by molar-refractivity contribution is -0.153. The molecular weight excluding hydrogens is 386 g/mol. The lowest BCUT2D eigenvalue weighted by atomic mass is 9.91. The molecule has 0 aromatic heterocycles.